The Labute approximate surface area is 399 Å². The molecule has 0 aliphatic heterocycles. The predicted molar refractivity (Wildman–Crippen MR) is 273 cm³/mol. The van der Waals surface area contributed by atoms with Crippen LogP contribution in [0.1, 0.15) is 245 Å². The highest BCUT2D eigenvalue weighted by molar-refractivity contribution is 5.82. The fourth-order valence-electron chi connectivity index (χ4n) is 7.35. The highest BCUT2D eigenvalue weighted by Gasteiger charge is 2.19. The molecule has 0 saturated carbocycles. The molecule has 65 heavy (non-hydrogen) atoms. The lowest BCUT2D eigenvalue weighted by Gasteiger charge is -2.18. The summed E-state index contributed by atoms with van der Waals surface area (Å²) in [7, 11) is 0. The highest BCUT2D eigenvalue weighted by Crippen LogP contribution is 2.16. The Morgan fingerprint density at radius 1 is 0.415 bits per heavy atom. The highest BCUT2D eigenvalue weighted by atomic mass is 17.1. The molecule has 8 heteroatoms. The van der Waals surface area contributed by atoms with Crippen molar-refractivity contribution < 1.29 is 38.7 Å². The van der Waals surface area contributed by atoms with E-state index >= 15 is 0 Å². The molecule has 374 valence electrons. The third kappa shape index (κ3) is 48.5. The first-order chi connectivity index (χ1) is 32.0. The minimum atomic E-state index is -0.866. The van der Waals surface area contributed by atoms with Crippen molar-refractivity contribution in [3.05, 3.63) is 72.9 Å². The first-order valence-corrected chi connectivity index (χ1v) is 26.7. The van der Waals surface area contributed by atoms with Crippen LogP contribution in [0.5, 0.6) is 0 Å². The van der Waals surface area contributed by atoms with Crippen LogP contribution in [-0.4, -0.2) is 48.6 Å². The van der Waals surface area contributed by atoms with Gasteiger partial charge in [0, 0.05) is 18.9 Å². The molecule has 0 fully saturated rings. The second-order valence-electron chi connectivity index (χ2n) is 17.7. The number of allylic oxidation sites excluding steroid dienone is 11. The molecular formula is C57H98O8. The van der Waals surface area contributed by atoms with E-state index in [0.717, 1.165) is 128 Å². The van der Waals surface area contributed by atoms with Gasteiger partial charge >= 0.3 is 17.9 Å². The van der Waals surface area contributed by atoms with Crippen LogP contribution >= 0.6 is 0 Å². The maximum atomic E-state index is 12.8. The molecule has 1 N–H and O–H groups in total. The van der Waals surface area contributed by atoms with E-state index in [1.807, 2.05) is 12.2 Å². The first kappa shape index (κ1) is 61.8. The smallest absolute Gasteiger partial charge is 0.330 e. The zero-order valence-electron chi connectivity index (χ0n) is 42.1. The molecule has 0 saturated heterocycles. The topological polar surface area (TPSA) is 108 Å². The van der Waals surface area contributed by atoms with Crippen LogP contribution in [0, 0.1) is 0 Å². The average Bonchev–Trinajstić information content (AvgIpc) is 3.31. The molecule has 0 rings (SSSR count). The van der Waals surface area contributed by atoms with Crippen LogP contribution in [-0.2, 0) is 33.5 Å². The Bertz CT molecular complexity index is 1250. The lowest BCUT2D eigenvalue weighted by atomic mass is 10.0. The summed E-state index contributed by atoms with van der Waals surface area (Å²) in [5.41, 5.74) is 0. The molecule has 0 aromatic carbocycles. The van der Waals surface area contributed by atoms with Gasteiger partial charge < -0.3 is 14.2 Å². The van der Waals surface area contributed by atoms with Gasteiger partial charge in [-0.15, -0.1) is 0 Å². The fraction of sp³-hybridized carbons (Fsp3) is 0.737. The summed E-state index contributed by atoms with van der Waals surface area (Å²) in [5.74, 6) is -1.27. The number of ether oxygens (including phenoxy) is 3. The second-order valence-corrected chi connectivity index (χ2v) is 17.7. The first-order valence-electron chi connectivity index (χ1n) is 26.7. The van der Waals surface area contributed by atoms with E-state index in [0.29, 0.717) is 6.42 Å². The molecule has 0 radical (unpaired) electrons. The van der Waals surface area contributed by atoms with Crippen molar-refractivity contribution in [2.45, 2.75) is 258 Å². The van der Waals surface area contributed by atoms with E-state index < -0.39 is 12.1 Å². The molecule has 0 aliphatic rings. The van der Waals surface area contributed by atoms with Gasteiger partial charge in [0.05, 0.1) is 6.10 Å². The van der Waals surface area contributed by atoms with Gasteiger partial charge in [-0.05, 0) is 103 Å². The van der Waals surface area contributed by atoms with Crippen molar-refractivity contribution in [1.29, 1.82) is 0 Å². The van der Waals surface area contributed by atoms with Crippen molar-refractivity contribution in [2.24, 2.45) is 0 Å². The standard InChI is InChI=1S/C57H98O8/c1-4-7-10-13-16-18-20-22-24-26-28-30-32-38-43-48-55(58)62-51-54(64-57(60)50-45-40-33-31-29-27-25-23-21-19-17-14-11-8-5-2)52-63-56(59)49-44-39-35-34-37-42-47-53(65-61)46-41-36-15-12-9-6-3/h16-19,22-25,35,39,44,49,53-54,61H,4-15,20-21,26-34,36-38,40-43,45-48,50-52H2,1-3H3/b18-16-,19-17-,24-22-,25-23-,39-35?,49-44?. The van der Waals surface area contributed by atoms with Crippen molar-refractivity contribution in [2.75, 3.05) is 13.2 Å². The van der Waals surface area contributed by atoms with Crippen molar-refractivity contribution >= 4 is 17.9 Å². The Morgan fingerprint density at radius 3 is 1.35 bits per heavy atom. The molecule has 0 spiro atoms. The normalized spacial score (nSPS) is 13.1. The molecule has 0 heterocycles. The fourth-order valence-corrected chi connectivity index (χ4v) is 7.35. The predicted octanol–water partition coefficient (Wildman–Crippen LogP) is 16.9. The van der Waals surface area contributed by atoms with Gasteiger partial charge in [-0.2, -0.15) is 0 Å². The monoisotopic (exact) mass is 911 g/mol. The largest absolute Gasteiger partial charge is 0.462 e. The van der Waals surface area contributed by atoms with Crippen LogP contribution in [0.4, 0.5) is 0 Å². The Kier molecular flexibility index (Phi) is 49.2. The summed E-state index contributed by atoms with van der Waals surface area (Å²) in [6.07, 6.45) is 60.6. The quantitative estimate of drug-likeness (QED) is 0.00940. The summed E-state index contributed by atoms with van der Waals surface area (Å²) in [6.45, 7) is 6.34. The molecule has 0 amide bonds. The van der Waals surface area contributed by atoms with Crippen LogP contribution in [0.15, 0.2) is 72.9 Å². The van der Waals surface area contributed by atoms with Crippen LogP contribution < -0.4 is 0 Å². The zero-order chi connectivity index (χ0) is 47.4. The molecule has 0 aromatic heterocycles. The molecular weight excluding hydrogens is 813 g/mol. The van der Waals surface area contributed by atoms with E-state index in [9.17, 15) is 19.6 Å². The van der Waals surface area contributed by atoms with Gasteiger partial charge in [0.25, 0.3) is 0 Å². The van der Waals surface area contributed by atoms with Gasteiger partial charge in [0.1, 0.15) is 13.2 Å². The third-order valence-corrected chi connectivity index (χ3v) is 11.5. The Hall–Kier alpha value is -3.23. The SMILES string of the molecule is CCCCC/C=C\C/C=C\CCCCCCCC(=O)OCC(COC(=O)C=CC=CCCCCC(CCCCCCCC)OO)OC(=O)CCCCCCC/C=C\C/C=C\CCCCC. The van der Waals surface area contributed by atoms with Crippen molar-refractivity contribution in [1.82, 2.24) is 0 Å². The van der Waals surface area contributed by atoms with Crippen LogP contribution in [0.2, 0.25) is 0 Å². The Morgan fingerprint density at radius 2 is 0.815 bits per heavy atom. The minimum Gasteiger partial charge on any atom is -0.462 e. The van der Waals surface area contributed by atoms with Gasteiger partial charge in [0.2, 0.25) is 0 Å². The minimum absolute atomic E-state index is 0.104. The third-order valence-electron chi connectivity index (χ3n) is 11.5. The molecule has 2 atom stereocenters. The number of hydrogen-bond donors (Lipinski definition) is 1. The van der Waals surface area contributed by atoms with E-state index in [1.165, 1.54) is 89.5 Å². The maximum absolute atomic E-state index is 12.8. The van der Waals surface area contributed by atoms with Crippen LogP contribution in [0.3, 0.4) is 0 Å². The Balaban J connectivity index is 4.62. The van der Waals surface area contributed by atoms with Gasteiger partial charge in [-0.25, -0.2) is 9.68 Å². The molecule has 2 unspecified atom stereocenters. The summed E-state index contributed by atoms with van der Waals surface area (Å²) < 4.78 is 16.6. The lowest BCUT2D eigenvalue weighted by Crippen LogP contribution is -2.30. The number of carbonyl (C=O) groups excluding carboxylic acids is 3. The second kappa shape index (κ2) is 51.7. The van der Waals surface area contributed by atoms with E-state index in [-0.39, 0.29) is 37.7 Å². The van der Waals surface area contributed by atoms with Gasteiger partial charge in [-0.1, -0.05) is 197 Å². The molecule has 0 aliphatic carbocycles. The number of unbranched alkanes of at least 4 members (excludes halogenated alkanes) is 23. The summed E-state index contributed by atoms with van der Waals surface area (Å²) >= 11 is 0. The number of rotatable bonds is 48. The number of carbonyl (C=O) groups is 3. The van der Waals surface area contributed by atoms with Crippen molar-refractivity contribution in [3.63, 3.8) is 0 Å². The van der Waals surface area contributed by atoms with Gasteiger partial charge in [0.15, 0.2) is 6.10 Å². The van der Waals surface area contributed by atoms with Gasteiger partial charge in [-0.3, -0.25) is 14.8 Å². The lowest BCUT2D eigenvalue weighted by molar-refractivity contribution is -0.281. The average molecular weight is 911 g/mol. The van der Waals surface area contributed by atoms with E-state index in [1.54, 1.807) is 6.08 Å². The molecule has 0 aromatic rings. The van der Waals surface area contributed by atoms with E-state index in [4.69, 9.17) is 19.1 Å². The van der Waals surface area contributed by atoms with Crippen LogP contribution in [0.25, 0.3) is 0 Å². The zero-order valence-corrected chi connectivity index (χ0v) is 42.1. The maximum Gasteiger partial charge on any atom is 0.330 e. The summed E-state index contributed by atoms with van der Waals surface area (Å²) in [6, 6.07) is 0. The molecule has 0 bridgehead atoms. The summed E-state index contributed by atoms with van der Waals surface area (Å²) in [4.78, 5) is 42.6. The van der Waals surface area contributed by atoms with E-state index in [2.05, 4.69) is 69.4 Å². The number of hydrogen-bond acceptors (Lipinski definition) is 8. The number of esters is 3. The summed E-state index contributed by atoms with van der Waals surface area (Å²) in [5, 5.41) is 9.27. The van der Waals surface area contributed by atoms with Crippen molar-refractivity contribution in [3.8, 4) is 0 Å². The molecule has 8 nitrogen and oxygen atoms in total.